The number of aromatic nitrogens is 1. The molecule has 8 heteroatoms. The molecule has 1 heterocycles. The second-order valence-electron chi connectivity index (χ2n) is 7.73. The predicted octanol–water partition coefficient (Wildman–Crippen LogP) is 4.08. The lowest BCUT2D eigenvalue weighted by molar-refractivity contribution is -0.116. The van der Waals surface area contributed by atoms with Crippen LogP contribution >= 0.6 is 0 Å². The Balaban J connectivity index is 1.44. The monoisotopic (exact) mass is 456 g/mol. The van der Waals surface area contributed by atoms with Crippen LogP contribution in [0.3, 0.4) is 0 Å². The summed E-state index contributed by atoms with van der Waals surface area (Å²) in [5, 5.41) is 7.61. The van der Waals surface area contributed by atoms with Crippen LogP contribution < -0.4 is 11.1 Å². The summed E-state index contributed by atoms with van der Waals surface area (Å²) in [4.78, 5) is 38.3. The van der Waals surface area contributed by atoms with Crippen LogP contribution in [-0.4, -0.2) is 40.9 Å². The molecular weight excluding hydrogens is 432 g/mol. The molecule has 172 valence electrons. The number of rotatable bonds is 8. The topological polar surface area (TPSA) is 119 Å². The van der Waals surface area contributed by atoms with Crippen molar-refractivity contribution in [2.75, 3.05) is 18.4 Å². The summed E-state index contributed by atoms with van der Waals surface area (Å²) in [6.45, 7) is 2.58. The van der Waals surface area contributed by atoms with Gasteiger partial charge in [-0.3, -0.25) is 14.4 Å². The number of fused-ring (bicyclic) bond motifs is 1. The molecule has 0 radical (unpaired) electrons. The molecule has 8 nitrogen and oxygen atoms in total. The number of benzene rings is 3. The third kappa shape index (κ3) is 4.96. The number of nitrogens with zero attached hydrogens (tertiary/aromatic N) is 2. The molecule has 4 aromatic rings. The van der Waals surface area contributed by atoms with Crippen LogP contribution in [0.2, 0.25) is 0 Å². The van der Waals surface area contributed by atoms with Gasteiger partial charge in [-0.2, -0.15) is 0 Å². The van der Waals surface area contributed by atoms with E-state index in [9.17, 15) is 14.4 Å². The van der Waals surface area contributed by atoms with E-state index in [4.69, 9.17) is 10.3 Å². The Morgan fingerprint density at radius 1 is 0.971 bits per heavy atom. The third-order valence-electron chi connectivity index (χ3n) is 5.49. The number of primary amides is 1. The fourth-order valence-electron chi connectivity index (χ4n) is 3.64. The van der Waals surface area contributed by atoms with Gasteiger partial charge in [0.15, 0.2) is 5.76 Å². The predicted molar refractivity (Wildman–Crippen MR) is 129 cm³/mol. The van der Waals surface area contributed by atoms with Gasteiger partial charge >= 0.3 is 0 Å². The van der Waals surface area contributed by atoms with Gasteiger partial charge in [0.25, 0.3) is 5.91 Å². The minimum atomic E-state index is -0.532. The highest BCUT2D eigenvalue weighted by atomic mass is 16.5. The van der Waals surface area contributed by atoms with E-state index in [1.165, 1.54) is 0 Å². The number of carbonyl (C=O) groups excluding carboxylic acids is 3. The van der Waals surface area contributed by atoms with Crippen molar-refractivity contribution in [2.24, 2.45) is 5.73 Å². The van der Waals surface area contributed by atoms with E-state index >= 15 is 0 Å². The van der Waals surface area contributed by atoms with E-state index in [0.717, 1.165) is 10.9 Å². The van der Waals surface area contributed by atoms with E-state index in [1.54, 1.807) is 47.4 Å². The first-order valence-electron chi connectivity index (χ1n) is 10.9. The minimum absolute atomic E-state index is 0.127. The molecule has 34 heavy (non-hydrogen) atoms. The Morgan fingerprint density at radius 3 is 2.35 bits per heavy atom. The first-order valence-corrected chi connectivity index (χ1v) is 10.9. The van der Waals surface area contributed by atoms with Crippen molar-refractivity contribution < 1.29 is 18.9 Å². The van der Waals surface area contributed by atoms with Crippen LogP contribution in [0.1, 0.15) is 34.1 Å². The maximum absolute atomic E-state index is 13.2. The van der Waals surface area contributed by atoms with Crippen LogP contribution in [0.5, 0.6) is 0 Å². The highest BCUT2D eigenvalue weighted by Crippen LogP contribution is 2.29. The van der Waals surface area contributed by atoms with Crippen molar-refractivity contribution in [1.29, 1.82) is 0 Å². The fraction of sp³-hybridized carbons (Fsp3) is 0.154. The highest BCUT2D eigenvalue weighted by molar-refractivity contribution is 6.01. The highest BCUT2D eigenvalue weighted by Gasteiger charge is 2.18. The smallest absolute Gasteiger partial charge is 0.253 e. The van der Waals surface area contributed by atoms with Crippen LogP contribution in [0.4, 0.5) is 5.69 Å². The van der Waals surface area contributed by atoms with Gasteiger partial charge in [0, 0.05) is 41.9 Å². The van der Waals surface area contributed by atoms with Gasteiger partial charge in [0.05, 0.1) is 5.39 Å². The number of hydrogen-bond acceptors (Lipinski definition) is 5. The molecule has 0 saturated heterocycles. The number of hydrogen-bond donors (Lipinski definition) is 2. The van der Waals surface area contributed by atoms with Crippen molar-refractivity contribution >= 4 is 34.3 Å². The van der Waals surface area contributed by atoms with Crippen molar-refractivity contribution in [1.82, 2.24) is 10.1 Å². The molecule has 0 fully saturated rings. The van der Waals surface area contributed by atoms with E-state index in [-0.39, 0.29) is 24.8 Å². The molecule has 0 spiro atoms. The molecule has 0 aliphatic heterocycles. The van der Waals surface area contributed by atoms with Gasteiger partial charge < -0.3 is 20.5 Å². The second-order valence-corrected chi connectivity index (χ2v) is 7.73. The molecule has 0 unspecified atom stereocenters. The number of anilines is 1. The van der Waals surface area contributed by atoms with Crippen LogP contribution in [-0.2, 0) is 4.79 Å². The van der Waals surface area contributed by atoms with E-state index in [0.29, 0.717) is 34.6 Å². The largest absolute Gasteiger partial charge is 0.366 e. The SMILES string of the molecule is CCN(CCC(=O)Nc1ccc(C(N)=O)cc1)C(=O)c1ccc2noc(-c3ccccc3)c2c1. The molecule has 0 atom stereocenters. The van der Waals surface area contributed by atoms with Crippen molar-refractivity contribution in [3.63, 3.8) is 0 Å². The maximum atomic E-state index is 13.2. The first-order chi connectivity index (χ1) is 16.5. The lowest BCUT2D eigenvalue weighted by Crippen LogP contribution is -2.33. The quantitative estimate of drug-likeness (QED) is 0.414. The molecule has 3 aromatic carbocycles. The summed E-state index contributed by atoms with van der Waals surface area (Å²) in [7, 11) is 0. The van der Waals surface area contributed by atoms with Crippen LogP contribution in [0, 0.1) is 0 Å². The van der Waals surface area contributed by atoms with Gasteiger partial charge in [0.1, 0.15) is 5.52 Å². The molecule has 0 bridgehead atoms. The van der Waals surface area contributed by atoms with Gasteiger partial charge in [-0.15, -0.1) is 0 Å². The molecule has 0 aliphatic carbocycles. The summed E-state index contributed by atoms with van der Waals surface area (Å²) < 4.78 is 5.53. The summed E-state index contributed by atoms with van der Waals surface area (Å²) in [6.07, 6.45) is 0.127. The molecule has 1 aromatic heterocycles. The van der Waals surface area contributed by atoms with Gasteiger partial charge in [-0.05, 0) is 49.4 Å². The Kier molecular flexibility index (Phi) is 6.68. The normalized spacial score (nSPS) is 10.7. The van der Waals surface area contributed by atoms with Crippen molar-refractivity contribution in [2.45, 2.75) is 13.3 Å². The zero-order valence-electron chi connectivity index (χ0n) is 18.7. The minimum Gasteiger partial charge on any atom is -0.366 e. The molecule has 0 aliphatic rings. The third-order valence-corrected chi connectivity index (χ3v) is 5.49. The number of nitrogens with one attached hydrogen (secondary N) is 1. The second kappa shape index (κ2) is 9.99. The average Bonchev–Trinajstić information content (AvgIpc) is 3.28. The van der Waals surface area contributed by atoms with Gasteiger partial charge in [-0.1, -0.05) is 35.5 Å². The van der Waals surface area contributed by atoms with Gasteiger partial charge in [0.2, 0.25) is 11.8 Å². The Bertz CT molecular complexity index is 1330. The van der Waals surface area contributed by atoms with Gasteiger partial charge in [-0.25, -0.2) is 0 Å². The summed E-state index contributed by atoms with van der Waals surface area (Å²) in [6, 6.07) is 21.2. The lowest BCUT2D eigenvalue weighted by Gasteiger charge is -2.20. The summed E-state index contributed by atoms with van der Waals surface area (Å²) in [5.41, 5.74) is 8.18. The average molecular weight is 457 g/mol. The van der Waals surface area contributed by atoms with Crippen LogP contribution in [0.25, 0.3) is 22.2 Å². The first kappa shape index (κ1) is 22.7. The standard InChI is InChI=1S/C26H24N4O4/c1-2-30(15-14-23(31)28-20-11-8-18(9-12-20)25(27)32)26(33)19-10-13-22-21(16-19)24(34-29-22)17-6-4-3-5-7-17/h3-13,16H,2,14-15H2,1H3,(H2,27,32)(H,28,31). The fourth-order valence-corrected chi connectivity index (χ4v) is 3.64. The number of carbonyl (C=O) groups is 3. The van der Waals surface area contributed by atoms with Crippen molar-refractivity contribution in [3.8, 4) is 11.3 Å². The Labute approximate surface area is 196 Å². The zero-order valence-corrected chi connectivity index (χ0v) is 18.7. The van der Waals surface area contributed by atoms with E-state index in [2.05, 4.69) is 10.5 Å². The lowest BCUT2D eigenvalue weighted by atomic mass is 10.1. The van der Waals surface area contributed by atoms with E-state index in [1.807, 2.05) is 37.3 Å². The van der Waals surface area contributed by atoms with E-state index < -0.39 is 5.91 Å². The van der Waals surface area contributed by atoms with Crippen LogP contribution in [0.15, 0.2) is 77.3 Å². The zero-order chi connectivity index (χ0) is 24.1. The summed E-state index contributed by atoms with van der Waals surface area (Å²) in [5.74, 6) is -0.340. The Hall–Kier alpha value is -4.46. The molecule has 3 amide bonds. The maximum Gasteiger partial charge on any atom is 0.253 e. The number of nitrogens with two attached hydrogens (primary N) is 1. The molecule has 0 saturated carbocycles. The summed E-state index contributed by atoms with van der Waals surface area (Å²) >= 11 is 0. The number of amides is 3. The molecule has 4 rings (SSSR count). The molecular formula is C26H24N4O4. The molecule has 3 N–H and O–H groups in total. The van der Waals surface area contributed by atoms with Crippen molar-refractivity contribution in [3.05, 3.63) is 83.9 Å². The Morgan fingerprint density at radius 2 is 1.68 bits per heavy atom.